The maximum atomic E-state index is 11.9. The van der Waals surface area contributed by atoms with E-state index in [0.29, 0.717) is 17.2 Å². The molecule has 17 heavy (non-hydrogen) atoms. The van der Waals surface area contributed by atoms with Crippen molar-refractivity contribution in [2.24, 2.45) is 5.92 Å². The Morgan fingerprint density at radius 2 is 2.00 bits per heavy atom. The van der Waals surface area contributed by atoms with E-state index in [1.807, 2.05) is 13.8 Å². The van der Waals surface area contributed by atoms with Gasteiger partial charge in [-0.15, -0.1) is 0 Å². The minimum atomic E-state index is -0.289. The fourth-order valence-electron chi connectivity index (χ4n) is 1.83. The zero-order valence-electron chi connectivity index (χ0n) is 11.0. The van der Waals surface area contributed by atoms with Gasteiger partial charge in [-0.1, -0.05) is 19.9 Å². The van der Waals surface area contributed by atoms with Crippen molar-refractivity contribution in [1.82, 2.24) is 0 Å². The molecule has 0 radical (unpaired) electrons. The van der Waals surface area contributed by atoms with Crippen molar-refractivity contribution < 1.29 is 9.53 Å². The molecule has 0 aromatic heterocycles. The Labute approximate surface area is 103 Å². The molecule has 0 heterocycles. The Hall–Kier alpha value is -1.51. The van der Waals surface area contributed by atoms with E-state index < -0.39 is 0 Å². The normalized spacial score (nSPS) is 12.5. The maximum absolute atomic E-state index is 11.9. The summed E-state index contributed by atoms with van der Waals surface area (Å²) in [5, 5.41) is 0. The number of carbonyl (C=O) groups excluding carboxylic acids is 1. The van der Waals surface area contributed by atoms with Crippen LogP contribution in [0.25, 0.3) is 0 Å². The van der Waals surface area contributed by atoms with Crippen molar-refractivity contribution in [1.29, 1.82) is 0 Å². The van der Waals surface area contributed by atoms with Crippen LogP contribution in [0.3, 0.4) is 0 Å². The molecule has 0 aliphatic heterocycles. The Kier molecular flexibility index (Phi) is 4.55. The molecule has 1 unspecified atom stereocenters. The number of hydrogen-bond donors (Lipinski definition) is 1. The van der Waals surface area contributed by atoms with E-state index in [4.69, 9.17) is 10.5 Å². The molecule has 0 amide bonds. The van der Waals surface area contributed by atoms with E-state index in [-0.39, 0.29) is 12.1 Å². The summed E-state index contributed by atoms with van der Waals surface area (Å²) in [4.78, 5) is 11.9. The summed E-state index contributed by atoms with van der Waals surface area (Å²) < 4.78 is 5.39. The standard InChI is InChI=1S/C14H21NO2/c1-9(2)8-10(3)17-14(16)12-6-5-7-13(15)11(12)4/h5-7,9-10H,8,15H2,1-4H3. The van der Waals surface area contributed by atoms with Gasteiger partial charge in [-0.3, -0.25) is 0 Å². The highest BCUT2D eigenvalue weighted by molar-refractivity contribution is 5.92. The molecule has 0 saturated carbocycles. The van der Waals surface area contributed by atoms with Crippen LogP contribution in [0.2, 0.25) is 0 Å². The van der Waals surface area contributed by atoms with Crippen LogP contribution in [0.1, 0.15) is 43.1 Å². The monoisotopic (exact) mass is 235 g/mol. The second kappa shape index (κ2) is 5.71. The van der Waals surface area contributed by atoms with E-state index >= 15 is 0 Å². The summed E-state index contributed by atoms with van der Waals surface area (Å²) in [6.45, 7) is 7.96. The number of hydrogen-bond acceptors (Lipinski definition) is 3. The molecule has 3 heteroatoms. The maximum Gasteiger partial charge on any atom is 0.338 e. The molecular formula is C14H21NO2. The van der Waals surface area contributed by atoms with E-state index in [1.54, 1.807) is 18.2 Å². The largest absolute Gasteiger partial charge is 0.459 e. The first-order valence-corrected chi connectivity index (χ1v) is 5.98. The van der Waals surface area contributed by atoms with Crippen LogP contribution in [0, 0.1) is 12.8 Å². The van der Waals surface area contributed by atoms with Crippen molar-refractivity contribution in [2.45, 2.75) is 40.2 Å². The minimum absolute atomic E-state index is 0.0664. The quantitative estimate of drug-likeness (QED) is 0.644. The molecule has 0 bridgehead atoms. The van der Waals surface area contributed by atoms with Gasteiger partial charge >= 0.3 is 5.97 Å². The molecule has 3 nitrogen and oxygen atoms in total. The highest BCUT2D eigenvalue weighted by Crippen LogP contribution is 2.18. The van der Waals surface area contributed by atoms with Crippen LogP contribution < -0.4 is 5.73 Å². The lowest BCUT2D eigenvalue weighted by Crippen LogP contribution is -2.18. The van der Waals surface area contributed by atoms with Gasteiger partial charge in [-0.25, -0.2) is 4.79 Å². The Morgan fingerprint density at radius 3 is 2.59 bits per heavy atom. The number of esters is 1. The fraction of sp³-hybridized carbons (Fsp3) is 0.500. The van der Waals surface area contributed by atoms with Crippen molar-refractivity contribution in [3.63, 3.8) is 0 Å². The molecule has 1 atom stereocenters. The number of rotatable bonds is 4. The zero-order chi connectivity index (χ0) is 13.0. The number of nitrogen functional groups attached to an aromatic ring is 1. The number of carbonyl (C=O) groups is 1. The van der Waals surface area contributed by atoms with Gasteiger partial charge in [-0.2, -0.15) is 0 Å². The third-order valence-corrected chi connectivity index (χ3v) is 2.71. The third kappa shape index (κ3) is 3.77. The fourth-order valence-corrected chi connectivity index (χ4v) is 1.83. The van der Waals surface area contributed by atoms with E-state index in [1.165, 1.54) is 0 Å². The van der Waals surface area contributed by atoms with Crippen LogP contribution >= 0.6 is 0 Å². The molecule has 0 aliphatic rings. The third-order valence-electron chi connectivity index (χ3n) is 2.71. The first-order chi connectivity index (χ1) is 7.91. The number of benzene rings is 1. The van der Waals surface area contributed by atoms with Crippen molar-refractivity contribution >= 4 is 11.7 Å². The summed E-state index contributed by atoms with van der Waals surface area (Å²) in [6.07, 6.45) is 0.802. The van der Waals surface area contributed by atoms with Gasteiger partial charge in [0.15, 0.2) is 0 Å². The molecule has 1 rings (SSSR count). The highest BCUT2D eigenvalue weighted by atomic mass is 16.5. The molecule has 0 fully saturated rings. The molecular weight excluding hydrogens is 214 g/mol. The van der Waals surface area contributed by atoms with Gasteiger partial charge < -0.3 is 10.5 Å². The van der Waals surface area contributed by atoms with Gasteiger partial charge in [0.1, 0.15) is 0 Å². The van der Waals surface area contributed by atoms with Gasteiger partial charge in [-0.05, 0) is 43.9 Å². The van der Waals surface area contributed by atoms with Crippen molar-refractivity contribution in [3.05, 3.63) is 29.3 Å². The summed E-state index contributed by atoms with van der Waals surface area (Å²) in [5.74, 6) is 0.225. The summed E-state index contributed by atoms with van der Waals surface area (Å²) >= 11 is 0. The lowest BCUT2D eigenvalue weighted by molar-refractivity contribution is 0.0299. The van der Waals surface area contributed by atoms with Gasteiger partial charge in [0, 0.05) is 5.69 Å². The summed E-state index contributed by atoms with van der Waals surface area (Å²) in [5.41, 5.74) is 7.73. The number of ether oxygens (including phenoxy) is 1. The van der Waals surface area contributed by atoms with Crippen LogP contribution in [-0.2, 0) is 4.74 Å². The first kappa shape index (κ1) is 13.6. The number of anilines is 1. The molecule has 0 saturated heterocycles. The summed E-state index contributed by atoms with van der Waals surface area (Å²) in [6, 6.07) is 5.30. The zero-order valence-corrected chi connectivity index (χ0v) is 11.0. The Morgan fingerprint density at radius 1 is 1.35 bits per heavy atom. The van der Waals surface area contributed by atoms with Gasteiger partial charge in [0.2, 0.25) is 0 Å². The Balaban J connectivity index is 2.73. The average molecular weight is 235 g/mol. The van der Waals surface area contributed by atoms with E-state index in [2.05, 4.69) is 13.8 Å². The molecule has 94 valence electrons. The topological polar surface area (TPSA) is 52.3 Å². The second-order valence-electron chi connectivity index (χ2n) is 4.87. The lowest BCUT2D eigenvalue weighted by atomic mass is 10.1. The second-order valence-corrected chi connectivity index (χ2v) is 4.87. The molecule has 0 spiro atoms. The highest BCUT2D eigenvalue weighted by Gasteiger charge is 2.15. The SMILES string of the molecule is Cc1c(N)cccc1C(=O)OC(C)CC(C)C. The van der Waals surface area contributed by atoms with E-state index in [9.17, 15) is 4.79 Å². The van der Waals surface area contributed by atoms with Crippen LogP contribution in [0.15, 0.2) is 18.2 Å². The smallest absolute Gasteiger partial charge is 0.338 e. The minimum Gasteiger partial charge on any atom is -0.459 e. The van der Waals surface area contributed by atoms with Crippen molar-refractivity contribution in [2.75, 3.05) is 5.73 Å². The molecule has 2 N–H and O–H groups in total. The molecule has 1 aromatic carbocycles. The lowest BCUT2D eigenvalue weighted by Gasteiger charge is -2.16. The Bertz CT molecular complexity index is 399. The van der Waals surface area contributed by atoms with Gasteiger partial charge in [0.25, 0.3) is 0 Å². The predicted molar refractivity (Wildman–Crippen MR) is 69.9 cm³/mol. The predicted octanol–water partition coefficient (Wildman–Crippen LogP) is 3.17. The molecule has 1 aromatic rings. The van der Waals surface area contributed by atoms with Crippen LogP contribution in [0.5, 0.6) is 0 Å². The summed E-state index contributed by atoms with van der Waals surface area (Å²) in [7, 11) is 0. The number of nitrogens with two attached hydrogens (primary N) is 1. The van der Waals surface area contributed by atoms with Crippen LogP contribution in [-0.4, -0.2) is 12.1 Å². The van der Waals surface area contributed by atoms with Crippen molar-refractivity contribution in [3.8, 4) is 0 Å². The van der Waals surface area contributed by atoms with E-state index in [0.717, 1.165) is 12.0 Å². The molecule has 0 aliphatic carbocycles. The van der Waals surface area contributed by atoms with Crippen LogP contribution in [0.4, 0.5) is 5.69 Å². The van der Waals surface area contributed by atoms with Gasteiger partial charge in [0.05, 0.1) is 11.7 Å². The average Bonchev–Trinajstić information content (AvgIpc) is 2.20. The first-order valence-electron chi connectivity index (χ1n) is 5.98.